The Bertz CT molecular complexity index is 435. The summed E-state index contributed by atoms with van der Waals surface area (Å²) >= 11 is 0. The smallest absolute Gasteiger partial charge is 0.161 e. The Balaban J connectivity index is 1.67. The molecule has 1 saturated heterocycles. The van der Waals surface area contributed by atoms with Gasteiger partial charge in [0.15, 0.2) is 11.5 Å². The summed E-state index contributed by atoms with van der Waals surface area (Å²) in [5.74, 6) is 1.79. The van der Waals surface area contributed by atoms with Gasteiger partial charge in [-0.25, -0.2) is 0 Å². The third kappa shape index (κ3) is 3.26. The molecule has 110 valence electrons. The molecule has 0 aromatic heterocycles. The number of ether oxygens (including phenoxy) is 2. The van der Waals surface area contributed by atoms with Crippen LogP contribution in [0.1, 0.15) is 44.1 Å². The van der Waals surface area contributed by atoms with Gasteiger partial charge in [-0.1, -0.05) is 6.07 Å². The Labute approximate surface area is 121 Å². The zero-order valence-corrected chi connectivity index (χ0v) is 12.4. The molecule has 2 fully saturated rings. The highest BCUT2D eigenvalue weighted by atomic mass is 16.5. The van der Waals surface area contributed by atoms with Gasteiger partial charge in [-0.3, -0.25) is 0 Å². The number of methoxy groups -OCH3 is 1. The van der Waals surface area contributed by atoms with Gasteiger partial charge in [-0.2, -0.15) is 0 Å². The molecule has 1 N–H and O–H groups in total. The van der Waals surface area contributed by atoms with Gasteiger partial charge >= 0.3 is 0 Å². The monoisotopic (exact) mass is 275 g/mol. The molecule has 3 nitrogen and oxygen atoms in total. The number of hydrogen-bond donors (Lipinski definition) is 1. The zero-order valence-electron chi connectivity index (χ0n) is 12.4. The van der Waals surface area contributed by atoms with Gasteiger partial charge in [-0.15, -0.1) is 0 Å². The van der Waals surface area contributed by atoms with E-state index in [4.69, 9.17) is 9.47 Å². The van der Waals surface area contributed by atoms with E-state index < -0.39 is 0 Å². The van der Waals surface area contributed by atoms with Gasteiger partial charge in [-0.05, 0) is 69.2 Å². The lowest BCUT2D eigenvalue weighted by Gasteiger charge is -2.17. The summed E-state index contributed by atoms with van der Waals surface area (Å²) in [7, 11) is 1.73. The van der Waals surface area contributed by atoms with Crippen LogP contribution in [0.3, 0.4) is 0 Å². The lowest BCUT2D eigenvalue weighted by molar-refractivity contribution is 0.200. The zero-order chi connectivity index (χ0) is 13.8. The molecule has 0 bridgehead atoms. The molecular weight excluding hydrogens is 250 g/mol. The van der Waals surface area contributed by atoms with Crippen LogP contribution in [0, 0.1) is 0 Å². The van der Waals surface area contributed by atoms with E-state index in [1.165, 1.54) is 44.1 Å². The van der Waals surface area contributed by atoms with Crippen LogP contribution in [0.2, 0.25) is 0 Å². The summed E-state index contributed by atoms with van der Waals surface area (Å²) in [4.78, 5) is 0. The summed E-state index contributed by atoms with van der Waals surface area (Å²) in [6, 6.07) is 7.04. The molecule has 1 aliphatic heterocycles. The van der Waals surface area contributed by atoms with Gasteiger partial charge in [0.25, 0.3) is 0 Å². The summed E-state index contributed by atoms with van der Waals surface area (Å²) < 4.78 is 11.6. The van der Waals surface area contributed by atoms with Crippen LogP contribution in [-0.4, -0.2) is 25.8 Å². The molecule has 1 aromatic rings. The highest BCUT2D eigenvalue weighted by Crippen LogP contribution is 2.32. The molecule has 1 saturated carbocycles. The first-order chi connectivity index (χ1) is 9.85. The van der Waals surface area contributed by atoms with E-state index in [0.29, 0.717) is 12.1 Å². The third-order valence-electron chi connectivity index (χ3n) is 4.47. The predicted molar refractivity (Wildman–Crippen MR) is 80.6 cm³/mol. The van der Waals surface area contributed by atoms with Crippen molar-refractivity contribution in [2.24, 2.45) is 0 Å². The van der Waals surface area contributed by atoms with Crippen LogP contribution < -0.4 is 14.8 Å². The van der Waals surface area contributed by atoms with Crippen molar-refractivity contribution in [1.29, 1.82) is 0 Å². The Morgan fingerprint density at radius 1 is 1.10 bits per heavy atom. The van der Waals surface area contributed by atoms with E-state index >= 15 is 0 Å². The molecule has 1 heterocycles. The molecule has 3 rings (SSSR count). The highest BCUT2D eigenvalue weighted by molar-refractivity contribution is 5.43. The van der Waals surface area contributed by atoms with Crippen LogP contribution in [0.25, 0.3) is 0 Å². The van der Waals surface area contributed by atoms with Crippen LogP contribution in [0.5, 0.6) is 11.5 Å². The molecule has 1 aromatic carbocycles. The first-order valence-electron chi connectivity index (χ1n) is 7.92. The van der Waals surface area contributed by atoms with E-state index in [2.05, 4.69) is 23.5 Å². The lowest BCUT2D eigenvalue weighted by atomic mass is 10.0. The maximum atomic E-state index is 6.08. The summed E-state index contributed by atoms with van der Waals surface area (Å²) in [5.41, 5.74) is 1.33. The van der Waals surface area contributed by atoms with Crippen LogP contribution >= 0.6 is 0 Å². The van der Waals surface area contributed by atoms with Gasteiger partial charge in [0.05, 0.1) is 13.2 Å². The molecule has 0 radical (unpaired) electrons. The highest BCUT2D eigenvalue weighted by Gasteiger charge is 2.19. The number of benzene rings is 1. The Hall–Kier alpha value is -1.22. The number of rotatable bonds is 5. The fraction of sp³-hybridized carbons (Fsp3) is 0.647. The summed E-state index contributed by atoms with van der Waals surface area (Å²) in [5, 5.41) is 3.54. The average molecular weight is 275 g/mol. The fourth-order valence-corrected chi connectivity index (χ4v) is 3.34. The number of hydrogen-bond acceptors (Lipinski definition) is 3. The molecule has 2 aliphatic rings. The van der Waals surface area contributed by atoms with E-state index in [1.54, 1.807) is 7.11 Å². The van der Waals surface area contributed by atoms with E-state index in [9.17, 15) is 0 Å². The van der Waals surface area contributed by atoms with Crippen LogP contribution in [0.15, 0.2) is 18.2 Å². The number of nitrogens with one attached hydrogen (secondary N) is 1. The minimum atomic E-state index is 0.381. The quantitative estimate of drug-likeness (QED) is 0.894. The van der Waals surface area contributed by atoms with Crippen molar-refractivity contribution in [3.8, 4) is 11.5 Å². The minimum Gasteiger partial charge on any atom is -0.493 e. The predicted octanol–water partition coefficient (Wildman–Crippen LogP) is 3.31. The average Bonchev–Trinajstić information content (AvgIpc) is 3.14. The van der Waals surface area contributed by atoms with Crippen molar-refractivity contribution in [2.75, 3.05) is 13.7 Å². The lowest BCUT2D eigenvalue weighted by Crippen LogP contribution is -2.23. The molecule has 3 heteroatoms. The second-order valence-corrected chi connectivity index (χ2v) is 6.01. The van der Waals surface area contributed by atoms with Crippen molar-refractivity contribution in [1.82, 2.24) is 5.32 Å². The normalized spacial score (nSPS) is 23.1. The van der Waals surface area contributed by atoms with Gasteiger partial charge < -0.3 is 14.8 Å². The molecular formula is C17H25NO2. The van der Waals surface area contributed by atoms with E-state index in [-0.39, 0.29) is 0 Å². The first kappa shape index (κ1) is 13.7. The molecule has 0 amide bonds. The second-order valence-electron chi connectivity index (χ2n) is 6.01. The Morgan fingerprint density at radius 2 is 1.95 bits per heavy atom. The SMILES string of the molecule is COc1cc(CC2CCCN2)ccc1OC1CCCC1. The molecule has 0 spiro atoms. The summed E-state index contributed by atoms with van der Waals surface area (Å²) in [6.45, 7) is 1.16. The van der Waals surface area contributed by atoms with Crippen LogP contribution in [0.4, 0.5) is 0 Å². The van der Waals surface area contributed by atoms with E-state index in [0.717, 1.165) is 24.5 Å². The Morgan fingerprint density at radius 3 is 2.65 bits per heavy atom. The minimum absolute atomic E-state index is 0.381. The fourth-order valence-electron chi connectivity index (χ4n) is 3.34. The van der Waals surface area contributed by atoms with Crippen molar-refractivity contribution >= 4 is 0 Å². The van der Waals surface area contributed by atoms with Crippen molar-refractivity contribution in [3.05, 3.63) is 23.8 Å². The largest absolute Gasteiger partial charge is 0.493 e. The van der Waals surface area contributed by atoms with Crippen molar-refractivity contribution in [2.45, 2.75) is 57.1 Å². The molecule has 1 atom stereocenters. The van der Waals surface area contributed by atoms with Crippen LogP contribution in [-0.2, 0) is 6.42 Å². The van der Waals surface area contributed by atoms with Crippen molar-refractivity contribution < 1.29 is 9.47 Å². The molecule has 1 aliphatic carbocycles. The second kappa shape index (κ2) is 6.49. The summed E-state index contributed by atoms with van der Waals surface area (Å²) in [6.07, 6.45) is 8.98. The van der Waals surface area contributed by atoms with Gasteiger partial charge in [0, 0.05) is 6.04 Å². The van der Waals surface area contributed by atoms with Crippen molar-refractivity contribution in [3.63, 3.8) is 0 Å². The topological polar surface area (TPSA) is 30.5 Å². The maximum Gasteiger partial charge on any atom is 0.161 e. The standard InChI is InChI=1S/C17H25NO2/c1-19-17-12-13(11-14-5-4-10-18-14)8-9-16(17)20-15-6-2-3-7-15/h8-9,12,14-15,18H,2-7,10-11H2,1H3. The third-order valence-corrected chi connectivity index (χ3v) is 4.47. The van der Waals surface area contributed by atoms with Gasteiger partial charge in [0.1, 0.15) is 0 Å². The first-order valence-corrected chi connectivity index (χ1v) is 7.92. The molecule has 20 heavy (non-hydrogen) atoms. The Kier molecular flexibility index (Phi) is 4.46. The maximum absolute atomic E-state index is 6.08. The van der Waals surface area contributed by atoms with Gasteiger partial charge in [0.2, 0.25) is 0 Å². The van der Waals surface area contributed by atoms with E-state index in [1.807, 2.05) is 0 Å². The molecule has 1 unspecified atom stereocenters.